The van der Waals surface area contributed by atoms with E-state index in [-0.39, 0.29) is 30.1 Å². The maximum absolute atomic E-state index is 12.6. The maximum atomic E-state index is 12.6. The van der Waals surface area contributed by atoms with Crippen molar-refractivity contribution in [2.45, 2.75) is 52.9 Å². The predicted molar refractivity (Wildman–Crippen MR) is 111 cm³/mol. The lowest BCUT2D eigenvalue weighted by atomic mass is 10.1. The molecule has 154 valence electrons. The number of carbonyl (C=O) groups excluding carboxylic acids is 3. The predicted octanol–water partition coefficient (Wildman–Crippen LogP) is 3.54. The van der Waals surface area contributed by atoms with Gasteiger partial charge < -0.3 is 15.1 Å². The van der Waals surface area contributed by atoms with Crippen LogP contribution in [0.25, 0.3) is 0 Å². The third-order valence-corrected chi connectivity index (χ3v) is 5.04. The first-order valence-corrected chi connectivity index (χ1v) is 10.5. The van der Waals surface area contributed by atoms with Gasteiger partial charge in [0.25, 0.3) is 5.91 Å². The minimum atomic E-state index is -0.310. The van der Waals surface area contributed by atoms with Gasteiger partial charge in [0.1, 0.15) is 0 Å². The van der Waals surface area contributed by atoms with E-state index in [1.54, 1.807) is 29.2 Å². The van der Waals surface area contributed by atoms with Gasteiger partial charge in [-0.2, -0.15) is 0 Å². The molecule has 1 aliphatic heterocycles. The van der Waals surface area contributed by atoms with E-state index in [0.717, 1.165) is 45.3 Å². The zero-order valence-corrected chi connectivity index (χ0v) is 17.4. The average Bonchev–Trinajstić information content (AvgIpc) is 3.07. The summed E-state index contributed by atoms with van der Waals surface area (Å²) in [4.78, 5) is 40.8. The number of nitrogens with one attached hydrogen (secondary N) is 1. The number of rotatable bonds is 10. The van der Waals surface area contributed by atoms with Gasteiger partial charge in [0.2, 0.25) is 11.8 Å². The summed E-state index contributed by atoms with van der Waals surface area (Å²) in [6.07, 6.45) is 4.11. The molecule has 1 saturated heterocycles. The van der Waals surface area contributed by atoms with Crippen LogP contribution < -0.4 is 5.32 Å². The third-order valence-electron chi connectivity index (χ3n) is 5.04. The smallest absolute Gasteiger partial charge is 0.253 e. The van der Waals surface area contributed by atoms with Gasteiger partial charge in [-0.3, -0.25) is 14.4 Å². The number of hydrogen-bond acceptors (Lipinski definition) is 3. The van der Waals surface area contributed by atoms with Gasteiger partial charge in [-0.1, -0.05) is 27.2 Å². The van der Waals surface area contributed by atoms with Gasteiger partial charge in [-0.15, -0.1) is 0 Å². The summed E-state index contributed by atoms with van der Waals surface area (Å²) < 4.78 is 0. The fourth-order valence-electron chi connectivity index (χ4n) is 3.49. The van der Waals surface area contributed by atoms with Crippen LogP contribution in [0.5, 0.6) is 0 Å². The third kappa shape index (κ3) is 5.81. The Kier molecular flexibility index (Phi) is 8.48. The second kappa shape index (κ2) is 10.8. The number of nitrogens with zero attached hydrogens (tertiary/aromatic N) is 2. The van der Waals surface area contributed by atoms with E-state index in [1.807, 2.05) is 4.90 Å². The van der Waals surface area contributed by atoms with Crippen molar-refractivity contribution in [2.24, 2.45) is 5.92 Å². The molecule has 2 rings (SSSR count). The van der Waals surface area contributed by atoms with Crippen molar-refractivity contribution >= 4 is 23.4 Å². The Labute approximate surface area is 168 Å². The van der Waals surface area contributed by atoms with Gasteiger partial charge in [-0.05, 0) is 43.5 Å². The highest BCUT2D eigenvalue weighted by Gasteiger charge is 2.33. The van der Waals surface area contributed by atoms with Crippen molar-refractivity contribution in [3.63, 3.8) is 0 Å². The molecule has 6 nitrogen and oxygen atoms in total. The maximum Gasteiger partial charge on any atom is 0.253 e. The quantitative estimate of drug-likeness (QED) is 0.668. The van der Waals surface area contributed by atoms with Crippen LogP contribution in [-0.2, 0) is 9.59 Å². The molecular weight excluding hydrogens is 354 g/mol. The van der Waals surface area contributed by atoms with Gasteiger partial charge in [0.15, 0.2) is 0 Å². The molecule has 28 heavy (non-hydrogen) atoms. The van der Waals surface area contributed by atoms with Crippen molar-refractivity contribution in [1.29, 1.82) is 0 Å². The van der Waals surface area contributed by atoms with Crippen LogP contribution in [0.15, 0.2) is 24.3 Å². The molecule has 1 atom stereocenters. The monoisotopic (exact) mass is 387 g/mol. The zero-order valence-electron chi connectivity index (χ0n) is 17.4. The molecule has 1 aromatic carbocycles. The molecule has 0 aromatic heterocycles. The molecule has 0 aliphatic carbocycles. The number of likely N-dealkylation sites (tertiary alicyclic amines) is 1. The summed E-state index contributed by atoms with van der Waals surface area (Å²) in [7, 11) is 0. The van der Waals surface area contributed by atoms with Gasteiger partial charge >= 0.3 is 0 Å². The van der Waals surface area contributed by atoms with E-state index in [2.05, 4.69) is 26.1 Å². The number of anilines is 1. The number of amides is 3. The van der Waals surface area contributed by atoms with Crippen molar-refractivity contribution in [3.05, 3.63) is 29.8 Å². The lowest BCUT2D eigenvalue weighted by molar-refractivity contribution is -0.128. The second-order valence-corrected chi connectivity index (χ2v) is 7.45. The van der Waals surface area contributed by atoms with E-state index in [1.165, 1.54) is 0 Å². The summed E-state index contributed by atoms with van der Waals surface area (Å²) in [5.74, 6) is -0.365. The van der Waals surface area contributed by atoms with Gasteiger partial charge in [0.05, 0.1) is 5.92 Å². The zero-order chi connectivity index (χ0) is 20.5. The van der Waals surface area contributed by atoms with Crippen LogP contribution >= 0.6 is 0 Å². The van der Waals surface area contributed by atoms with Crippen molar-refractivity contribution < 1.29 is 14.4 Å². The lowest BCUT2D eigenvalue weighted by Crippen LogP contribution is -2.32. The summed E-state index contributed by atoms with van der Waals surface area (Å²) in [6.45, 7) is 8.91. The van der Waals surface area contributed by atoms with Gasteiger partial charge in [0, 0.05) is 43.9 Å². The molecule has 0 radical (unpaired) electrons. The Morgan fingerprint density at radius 2 is 1.71 bits per heavy atom. The number of unbranched alkanes of at least 4 members (excludes halogenated alkanes) is 1. The first-order valence-electron chi connectivity index (χ1n) is 10.5. The molecule has 0 bridgehead atoms. The molecule has 0 spiro atoms. The van der Waals surface area contributed by atoms with Crippen LogP contribution in [0, 0.1) is 5.92 Å². The first kappa shape index (κ1) is 21.9. The highest BCUT2D eigenvalue weighted by atomic mass is 16.2. The van der Waals surface area contributed by atoms with Crippen LogP contribution in [0.2, 0.25) is 0 Å². The molecule has 3 amide bonds. The summed E-state index contributed by atoms with van der Waals surface area (Å²) in [5, 5.41) is 2.88. The molecule has 6 heteroatoms. The molecule has 0 saturated carbocycles. The Morgan fingerprint density at radius 1 is 1.07 bits per heavy atom. The Bertz CT molecular complexity index is 666. The Hall–Kier alpha value is -2.37. The van der Waals surface area contributed by atoms with Crippen LogP contribution in [0.4, 0.5) is 5.69 Å². The van der Waals surface area contributed by atoms with Crippen molar-refractivity contribution in [1.82, 2.24) is 9.80 Å². The largest absolute Gasteiger partial charge is 0.342 e. The standard InChI is InChI=1S/C22H33N3O3/c1-4-7-14-25-16-18(15-20(25)26)21(27)23-19-10-8-17(9-11-19)22(28)24(12-5-2)13-6-3/h8-11,18H,4-7,12-16H2,1-3H3,(H,23,27). The summed E-state index contributed by atoms with van der Waals surface area (Å²) in [6, 6.07) is 7.02. The van der Waals surface area contributed by atoms with Gasteiger partial charge in [-0.25, -0.2) is 0 Å². The van der Waals surface area contributed by atoms with Crippen LogP contribution in [0.1, 0.15) is 63.2 Å². The Morgan fingerprint density at radius 3 is 2.29 bits per heavy atom. The highest BCUT2D eigenvalue weighted by molar-refractivity contribution is 5.98. The molecule has 1 aliphatic rings. The number of hydrogen-bond donors (Lipinski definition) is 1. The van der Waals surface area contributed by atoms with Crippen molar-refractivity contribution in [3.8, 4) is 0 Å². The molecule has 1 aromatic rings. The van der Waals surface area contributed by atoms with Crippen molar-refractivity contribution in [2.75, 3.05) is 31.5 Å². The van der Waals surface area contributed by atoms with E-state index in [9.17, 15) is 14.4 Å². The Balaban J connectivity index is 1.94. The average molecular weight is 388 g/mol. The van der Waals surface area contributed by atoms with Crippen LogP contribution in [0.3, 0.4) is 0 Å². The lowest BCUT2D eigenvalue weighted by Gasteiger charge is -2.21. The van der Waals surface area contributed by atoms with E-state index in [0.29, 0.717) is 17.8 Å². The van der Waals surface area contributed by atoms with Crippen LogP contribution in [-0.4, -0.2) is 53.7 Å². The van der Waals surface area contributed by atoms with E-state index < -0.39 is 0 Å². The summed E-state index contributed by atoms with van der Waals surface area (Å²) >= 11 is 0. The van der Waals surface area contributed by atoms with E-state index in [4.69, 9.17) is 0 Å². The minimum absolute atomic E-state index is 0.0227. The fourth-order valence-corrected chi connectivity index (χ4v) is 3.49. The molecule has 1 N–H and O–H groups in total. The topological polar surface area (TPSA) is 69.7 Å². The second-order valence-electron chi connectivity index (χ2n) is 7.45. The fraction of sp³-hybridized carbons (Fsp3) is 0.591. The summed E-state index contributed by atoms with van der Waals surface area (Å²) in [5.41, 5.74) is 1.28. The molecule has 1 fully saturated rings. The molecule has 1 unspecified atom stereocenters. The normalized spacial score (nSPS) is 16.3. The molecular formula is C22H33N3O3. The number of carbonyl (C=O) groups is 3. The number of benzene rings is 1. The SMILES string of the molecule is CCCCN1CC(C(=O)Nc2ccc(C(=O)N(CCC)CCC)cc2)CC1=O. The minimum Gasteiger partial charge on any atom is -0.342 e. The van der Waals surface area contributed by atoms with E-state index >= 15 is 0 Å². The molecule has 1 heterocycles. The highest BCUT2D eigenvalue weighted by Crippen LogP contribution is 2.21. The first-order chi connectivity index (χ1) is 13.5.